The molecule has 0 spiro atoms. The fourth-order valence-corrected chi connectivity index (χ4v) is 6.51. The van der Waals surface area contributed by atoms with E-state index < -0.39 is 11.9 Å². The van der Waals surface area contributed by atoms with E-state index in [1.807, 2.05) is 17.0 Å². The quantitative estimate of drug-likeness (QED) is 0.257. The lowest BCUT2D eigenvalue weighted by molar-refractivity contribution is -0.144. The van der Waals surface area contributed by atoms with E-state index in [-0.39, 0.29) is 36.6 Å². The van der Waals surface area contributed by atoms with Gasteiger partial charge < -0.3 is 29.1 Å². The van der Waals surface area contributed by atoms with Crippen molar-refractivity contribution in [3.05, 3.63) is 17.7 Å². The predicted octanol–water partition coefficient (Wildman–Crippen LogP) is 5.08. The molecule has 2 heterocycles. The second-order valence-electron chi connectivity index (χ2n) is 12.8. The van der Waals surface area contributed by atoms with Crippen LogP contribution in [0.25, 0.3) is 0 Å². The number of carbonyl (C=O) groups excluding carboxylic acids is 1. The zero-order valence-corrected chi connectivity index (χ0v) is 26.4. The zero-order valence-electron chi connectivity index (χ0n) is 26.4. The van der Waals surface area contributed by atoms with Crippen molar-refractivity contribution in [2.75, 3.05) is 60.7 Å². The van der Waals surface area contributed by atoms with Crippen LogP contribution in [0.1, 0.15) is 84.1 Å². The van der Waals surface area contributed by atoms with Crippen LogP contribution in [0.5, 0.6) is 17.2 Å². The maximum Gasteiger partial charge on any atom is 0.308 e. The van der Waals surface area contributed by atoms with Crippen LogP contribution in [-0.4, -0.2) is 98.4 Å². The van der Waals surface area contributed by atoms with Crippen molar-refractivity contribution >= 4 is 11.9 Å². The number of rotatable bonds is 17. The molecule has 1 aromatic carbocycles. The van der Waals surface area contributed by atoms with E-state index in [9.17, 15) is 14.7 Å². The first-order chi connectivity index (χ1) is 19.5. The lowest BCUT2D eigenvalue weighted by Gasteiger charge is -2.35. The molecular weight excluding hydrogens is 522 g/mol. The van der Waals surface area contributed by atoms with Crippen LogP contribution in [0, 0.1) is 11.3 Å². The highest BCUT2D eigenvalue weighted by atomic mass is 16.7. The molecule has 41 heavy (non-hydrogen) atoms. The molecule has 0 aromatic heterocycles. The Morgan fingerprint density at radius 3 is 2.41 bits per heavy atom. The van der Waals surface area contributed by atoms with Crippen molar-refractivity contribution in [1.82, 2.24) is 14.7 Å². The average Bonchev–Trinajstić information content (AvgIpc) is 3.52. The van der Waals surface area contributed by atoms with Crippen LogP contribution in [0.2, 0.25) is 0 Å². The minimum absolute atomic E-state index is 0.0516. The van der Waals surface area contributed by atoms with Crippen LogP contribution < -0.4 is 14.2 Å². The van der Waals surface area contributed by atoms with Crippen LogP contribution >= 0.6 is 0 Å². The molecule has 2 aliphatic heterocycles. The third-order valence-electron chi connectivity index (χ3n) is 8.59. The maximum absolute atomic E-state index is 13.8. The number of hydrogen-bond donors (Lipinski definition) is 1. The predicted molar refractivity (Wildman–Crippen MR) is 161 cm³/mol. The summed E-state index contributed by atoms with van der Waals surface area (Å²) < 4.78 is 16.8. The summed E-state index contributed by atoms with van der Waals surface area (Å²) >= 11 is 0. The van der Waals surface area contributed by atoms with Gasteiger partial charge in [-0.3, -0.25) is 14.5 Å². The Balaban J connectivity index is 1.91. The van der Waals surface area contributed by atoms with Gasteiger partial charge >= 0.3 is 5.97 Å². The Labute approximate surface area is 247 Å². The Hall–Kier alpha value is -2.52. The number of carboxylic acid groups (broad SMARTS) is 1. The molecule has 0 saturated carbocycles. The molecule has 9 heteroatoms. The SMILES string of the molecule is CCCCN(CCCCN(C)C)C(=O)CN1CC(c2cc(OC)c3c(c2)OCO3)C(C(=O)O)C1CC(C)(C)CCC. The van der Waals surface area contributed by atoms with Gasteiger partial charge in [-0.1, -0.05) is 40.5 Å². The number of likely N-dealkylation sites (tertiary alicyclic amines) is 1. The monoisotopic (exact) mass is 575 g/mol. The zero-order chi connectivity index (χ0) is 30.2. The van der Waals surface area contributed by atoms with Gasteiger partial charge in [-0.05, 0) is 75.9 Å². The molecular formula is C32H53N3O6. The highest BCUT2D eigenvalue weighted by molar-refractivity contribution is 5.79. The van der Waals surface area contributed by atoms with Gasteiger partial charge in [0, 0.05) is 31.6 Å². The molecule has 3 unspecified atom stereocenters. The number of fused-ring (bicyclic) bond motifs is 1. The number of nitrogens with zero attached hydrogens (tertiary/aromatic N) is 3. The van der Waals surface area contributed by atoms with Gasteiger partial charge in [0.1, 0.15) is 0 Å². The van der Waals surface area contributed by atoms with E-state index in [1.54, 1.807) is 7.11 Å². The Morgan fingerprint density at radius 2 is 1.78 bits per heavy atom. The number of hydrogen-bond acceptors (Lipinski definition) is 7. The van der Waals surface area contributed by atoms with Crippen LogP contribution in [0.15, 0.2) is 12.1 Å². The van der Waals surface area contributed by atoms with Crippen molar-refractivity contribution in [3.63, 3.8) is 0 Å². The van der Waals surface area contributed by atoms with Gasteiger partial charge in [0.2, 0.25) is 18.4 Å². The number of carbonyl (C=O) groups is 2. The third-order valence-corrected chi connectivity index (χ3v) is 8.59. The van der Waals surface area contributed by atoms with Crippen LogP contribution in [0.3, 0.4) is 0 Å². The summed E-state index contributed by atoms with van der Waals surface area (Å²) in [4.78, 5) is 33.1. The average molecular weight is 576 g/mol. The smallest absolute Gasteiger partial charge is 0.308 e. The molecule has 1 saturated heterocycles. The van der Waals surface area contributed by atoms with Crippen molar-refractivity contribution in [2.24, 2.45) is 11.3 Å². The number of methoxy groups -OCH3 is 1. The van der Waals surface area contributed by atoms with Crippen LogP contribution in [0.4, 0.5) is 0 Å². The lowest BCUT2D eigenvalue weighted by Crippen LogP contribution is -2.46. The molecule has 2 aliphatic rings. The van der Waals surface area contributed by atoms with Gasteiger partial charge in [0.25, 0.3) is 0 Å². The number of aliphatic carboxylic acids is 1. The van der Waals surface area contributed by atoms with Crippen molar-refractivity contribution < 1.29 is 28.9 Å². The number of carboxylic acids is 1. The summed E-state index contributed by atoms with van der Waals surface area (Å²) in [5.41, 5.74) is 0.794. The molecule has 0 aliphatic carbocycles. The van der Waals surface area contributed by atoms with Gasteiger partial charge in [-0.25, -0.2) is 0 Å². The van der Waals surface area contributed by atoms with Gasteiger partial charge in [-0.2, -0.15) is 0 Å². The maximum atomic E-state index is 13.8. The highest BCUT2D eigenvalue weighted by Crippen LogP contribution is 2.48. The minimum Gasteiger partial charge on any atom is -0.493 e. The highest BCUT2D eigenvalue weighted by Gasteiger charge is 2.49. The molecule has 232 valence electrons. The molecule has 1 aromatic rings. The van der Waals surface area contributed by atoms with Crippen molar-refractivity contribution in [2.45, 2.75) is 84.6 Å². The first-order valence-corrected chi connectivity index (χ1v) is 15.4. The largest absolute Gasteiger partial charge is 0.493 e. The summed E-state index contributed by atoms with van der Waals surface area (Å²) in [6, 6.07) is 3.51. The van der Waals surface area contributed by atoms with E-state index in [1.165, 1.54) is 0 Å². The standard InChI is InChI=1S/C32H53N3O6/c1-8-10-15-34(16-12-11-14-33(5)6)28(36)21-35-20-24(23-17-26(39-7)30-27(18-23)40-22-41-30)29(31(37)38)25(35)19-32(3,4)13-9-2/h17-18,24-25,29H,8-16,19-22H2,1-7H3,(H,37,38). The normalized spacial score (nSPS) is 20.5. The van der Waals surface area contributed by atoms with E-state index in [4.69, 9.17) is 14.2 Å². The number of benzene rings is 1. The van der Waals surface area contributed by atoms with E-state index in [0.29, 0.717) is 30.2 Å². The Bertz CT molecular complexity index is 1010. The fraction of sp³-hybridized carbons (Fsp3) is 0.750. The molecule has 0 radical (unpaired) electrons. The number of ether oxygens (including phenoxy) is 3. The Kier molecular flexibility index (Phi) is 12.1. The number of unbranched alkanes of at least 4 members (excludes halogenated alkanes) is 2. The third kappa shape index (κ3) is 8.74. The first kappa shape index (κ1) is 33.0. The van der Waals surface area contributed by atoms with Crippen molar-refractivity contribution in [1.29, 1.82) is 0 Å². The second kappa shape index (κ2) is 15.1. The molecule has 1 fully saturated rings. The summed E-state index contributed by atoms with van der Waals surface area (Å²) in [6.07, 6.45) is 6.71. The van der Waals surface area contributed by atoms with Crippen molar-refractivity contribution in [3.8, 4) is 17.2 Å². The van der Waals surface area contributed by atoms with E-state index >= 15 is 0 Å². The van der Waals surface area contributed by atoms with Gasteiger partial charge in [0.15, 0.2) is 11.5 Å². The molecule has 3 atom stereocenters. The first-order valence-electron chi connectivity index (χ1n) is 15.4. The lowest BCUT2D eigenvalue weighted by atomic mass is 9.76. The number of amides is 1. The second-order valence-corrected chi connectivity index (χ2v) is 12.8. The summed E-state index contributed by atoms with van der Waals surface area (Å²) in [7, 11) is 5.71. The Morgan fingerprint density at radius 1 is 1.07 bits per heavy atom. The summed E-state index contributed by atoms with van der Waals surface area (Å²) in [5.74, 6) is -0.0393. The van der Waals surface area contributed by atoms with Gasteiger partial charge in [-0.15, -0.1) is 0 Å². The molecule has 1 N–H and O–H groups in total. The topological polar surface area (TPSA) is 91.8 Å². The van der Waals surface area contributed by atoms with E-state index in [2.05, 4.69) is 51.6 Å². The van der Waals surface area contributed by atoms with Gasteiger partial charge in [0.05, 0.1) is 19.6 Å². The molecule has 9 nitrogen and oxygen atoms in total. The summed E-state index contributed by atoms with van der Waals surface area (Å²) in [6.45, 7) is 12.0. The van der Waals surface area contributed by atoms with Crippen LogP contribution in [-0.2, 0) is 9.59 Å². The molecule has 1 amide bonds. The fourth-order valence-electron chi connectivity index (χ4n) is 6.51. The summed E-state index contributed by atoms with van der Waals surface area (Å²) in [5, 5.41) is 10.6. The minimum atomic E-state index is -0.828. The molecule has 0 bridgehead atoms. The van der Waals surface area contributed by atoms with E-state index in [0.717, 1.165) is 63.7 Å². The molecule has 3 rings (SSSR count).